The third-order valence-corrected chi connectivity index (χ3v) is 5.54. The minimum Gasteiger partial charge on any atom is -0.492 e. The largest absolute Gasteiger partial charge is 0.492 e. The van der Waals surface area contributed by atoms with Crippen LogP contribution in [-0.2, 0) is 0 Å². The van der Waals surface area contributed by atoms with Crippen molar-refractivity contribution in [1.82, 2.24) is 9.80 Å². The predicted molar refractivity (Wildman–Crippen MR) is 94.7 cm³/mol. The molecule has 23 heavy (non-hydrogen) atoms. The summed E-state index contributed by atoms with van der Waals surface area (Å²) in [5, 5.41) is 0.823. The van der Waals surface area contributed by atoms with Crippen LogP contribution in [0.25, 0.3) is 0 Å². The summed E-state index contributed by atoms with van der Waals surface area (Å²) in [6.45, 7) is 7.50. The molecule has 0 aromatic heterocycles. The average molecular weight is 336 g/mol. The maximum Gasteiger partial charge on any atom is 0.121 e. The number of likely N-dealkylation sites (N-methyl/N-ethyl adjacent to an activating group) is 1. The van der Waals surface area contributed by atoms with E-state index in [4.69, 9.17) is 16.3 Å². The molecule has 3 aliphatic rings. The van der Waals surface area contributed by atoms with Crippen LogP contribution >= 0.6 is 11.6 Å². The van der Waals surface area contributed by atoms with Gasteiger partial charge in [-0.2, -0.15) is 0 Å². The number of nitrogens with zero attached hydrogens (tertiary/aromatic N) is 3. The summed E-state index contributed by atoms with van der Waals surface area (Å²) in [6.07, 6.45) is 2.85. The second-order valence-corrected chi connectivity index (χ2v) is 7.67. The van der Waals surface area contributed by atoms with Crippen molar-refractivity contribution >= 4 is 17.3 Å². The predicted octanol–water partition coefficient (Wildman–Crippen LogP) is 2.56. The summed E-state index contributed by atoms with van der Waals surface area (Å²) in [4.78, 5) is 7.26. The molecule has 0 spiro atoms. The third-order valence-electron chi connectivity index (χ3n) is 5.22. The maximum atomic E-state index is 6.41. The lowest BCUT2D eigenvalue weighted by Gasteiger charge is -2.34. The molecular formula is C18H26ClN3O. The van der Waals surface area contributed by atoms with E-state index in [1.165, 1.54) is 25.9 Å². The molecule has 126 valence electrons. The first kappa shape index (κ1) is 15.6. The molecule has 0 amide bonds. The van der Waals surface area contributed by atoms with E-state index in [1.54, 1.807) is 0 Å². The molecule has 1 saturated carbocycles. The van der Waals surface area contributed by atoms with Gasteiger partial charge in [0, 0.05) is 45.3 Å². The molecular weight excluding hydrogens is 310 g/mol. The Balaban J connectivity index is 1.33. The summed E-state index contributed by atoms with van der Waals surface area (Å²) in [6, 6.07) is 6.70. The number of rotatable bonds is 6. The van der Waals surface area contributed by atoms with Gasteiger partial charge in [-0.05, 0) is 37.9 Å². The molecule has 2 saturated heterocycles. The molecule has 4 rings (SSSR count). The highest BCUT2D eigenvalue weighted by Gasteiger charge is 2.38. The number of anilines is 1. The van der Waals surface area contributed by atoms with Gasteiger partial charge in [-0.1, -0.05) is 11.6 Å². The van der Waals surface area contributed by atoms with Gasteiger partial charge in [0.25, 0.3) is 0 Å². The molecule has 0 bridgehead atoms. The second kappa shape index (κ2) is 6.50. The van der Waals surface area contributed by atoms with Crippen LogP contribution in [0, 0.1) is 5.92 Å². The number of benzene rings is 1. The Morgan fingerprint density at radius 3 is 2.70 bits per heavy atom. The summed E-state index contributed by atoms with van der Waals surface area (Å²) < 4.78 is 6.03. The monoisotopic (exact) mass is 335 g/mol. The van der Waals surface area contributed by atoms with Crippen molar-refractivity contribution in [2.75, 3.05) is 57.8 Å². The van der Waals surface area contributed by atoms with E-state index in [1.807, 2.05) is 12.1 Å². The summed E-state index contributed by atoms with van der Waals surface area (Å²) >= 11 is 6.41. The van der Waals surface area contributed by atoms with Gasteiger partial charge in [-0.25, -0.2) is 0 Å². The lowest BCUT2D eigenvalue weighted by atomic mass is 10.2. The Morgan fingerprint density at radius 1 is 1.17 bits per heavy atom. The van der Waals surface area contributed by atoms with Crippen LogP contribution in [0.15, 0.2) is 18.2 Å². The van der Waals surface area contributed by atoms with E-state index >= 15 is 0 Å². The van der Waals surface area contributed by atoms with Crippen molar-refractivity contribution < 1.29 is 4.74 Å². The molecule has 0 radical (unpaired) electrons. The summed E-state index contributed by atoms with van der Waals surface area (Å²) in [5.41, 5.74) is 1.11. The maximum absolute atomic E-state index is 6.41. The van der Waals surface area contributed by atoms with Crippen molar-refractivity contribution in [2.24, 2.45) is 5.92 Å². The Kier molecular flexibility index (Phi) is 4.39. The van der Waals surface area contributed by atoms with Gasteiger partial charge in [0.15, 0.2) is 0 Å². The fraction of sp³-hybridized carbons (Fsp3) is 0.667. The minimum atomic E-state index is 0.623. The molecule has 5 heteroatoms. The number of piperazine rings is 1. The van der Waals surface area contributed by atoms with Gasteiger partial charge in [0.2, 0.25) is 0 Å². The first-order valence-corrected chi connectivity index (χ1v) is 9.17. The summed E-state index contributed by atoms with van der Waals surface area (Å²) in [7, 11) is 2.17. The van der Waals surface area contributed by atoms with Crippen LogP contribution in [0.5, 0.6) is 5.75 Å². The van der Waals surface area contributed by atoms with Crippen LogP contribution in [-0.4, -0.2) is 68.8 Å². The Morgan fingerprint density at radius 2 is 1.96 bits per heavy atom. The van der Waals surface area contributed by atoms with Gasteiger partial charge in [-0.15, -0.1) is 0 Å². The quantitative estimate of drug-likeness (QED) is 0.744. The smallest absolute Gasteiger partial charge is 0.121 e. The first-order valence-electron chi connectivity index (χ1n) is 8.79. The highest BCUT2D eigenvalue weighted by Crippen LogP contribution is 2.34. The van der Waals surface area contributed by atoms with Gasteiger partial charge in [0.1, 0.15) is 12.4 Å². The Hall–Kier alpha value is -0.970. The molecule has 1 aromatic rings. The molecule has 1 aliphatic carbocycles. The normalized spacial score (nSPS) is 28.0. The second-order valence-electron chi connectivity index (χ2n) is 7.27. The third kappa shape index (κ3) is 3.93. The molecule has 3 fully saturated rings. The van der Waals surface area contributed by atoms with Crippen LogP contribution < -0.4 is 9.64 Å². The van der Waals surface area contributed by atoms with Crippen molar-refractivity contribution in [3.63, 3.8) is 0 Å². The van der Waals surface area contributed by atoms with Crippen LogP contribution in [0.3, 0.4) is 0 Å². The Bertz CT molecular complexity index is 555. The van der Waals surface area contributed by atoms with E-state index in [0.717, 1.165) is 55.2 Å². The van der Waals surface area contributed by atoms with E-state index in [0.29, 0.717) is 6.04 Å². The number of halogens is 1. The van der Waals surface area contributed by atoms with Crippen LogP contribution in [0.1, 0.15) is 12.8 Å². The lowest BCUT2D eigenvalue weighted by Crippen LogP contribution is -2.44. The number of hydrogen-bond acceptors (Lipinski definition) is 4. The minimum absolute atomic E-state index is 0.623. The molecule has 2 aliphatic heterocycles. The topological polar surface area (TPSA) is 18.7 Å². The van der Waals surface area contributed by atoms with Crippen LogP contribution in [0.4, 0.5) is 5.69 Å². The van der Waals surface area contributed by atoms with Crippen molar-refractivity contribution in [3.8, 4) is 5.75 Å². The van der Waals surface area contributed by atoms with Crippen molar-refractivity contribution in [3.05, 3.63) is 23.2 Å². The zero-order valence-electron chi connectivity index (χ0n) is 13.9. The number of ether oxygens (including phenoxy) is 1. The van der Waals surface area contributed by atoms with Gasteiger partial charge in [0.05, 0.1) is 16.8 Å². The fourth-order valence-electron chi connectivity index (χ4n) is 3.30. The molecule has 0 N–H and O–H groups in total. The van der Waals surface area contributed by atoms with E-state index < -0.39 is 0 Å². The van der Waals surface area contributed by atoms with Gasteiger partial charge < -0.3 is 14.5 Å². The lowest BCUT2D eigenvalue weighted by molar-refractivity contribution is 0.291. The molecule has 2 atom stereocenters. The molecule has 2 heterocycles. The standard InChI is InChI=1S/C18H26ClN3O/c1-20-6-8-21(9-7-20)18-10-16(4-5-17(18)19)23-13-15-12-22(15)11-14-2-3-14/h4-5,10,14-15H,2-3,6-9,11-13H2,1H3. The molecule has 2 unspecified atom stereocenters. The summed E-state index contributed by atoms with van der Waals surface area (Å²) in [5.74, 6) is 1.92. The zero-order chi connectivity index (χ0) is 15.8. The SMILES string of the molecule is CN1CCN(c2cc(OCC3CN3CC3CC3)ccc2Cl)CC1. The van der Waals surface area contributed by atoms with E-state index in [-0.39, 0.29) is 0 Å². The van der Waals surface area contributed by atoms with Crippen molar-refractivity contribution in [2.45, 2.75) is 18.9 Å². The first-order chi connectivity index (χ1) is 11.2. The fourth-order valence-corrected chi connectivity index (χ4v) is 3.54. The van der Waals surface area contributed by atoms with Gasteiger partial charge in [-0.3, -0.25) is 4.90 Å². The average Bonchev–Trinajstić information content (AvgIpc) is 3.47. The number of hydrogen-bond donors (Lipinski definition) is 0. The highest BCUT2D eigenvalue weighted by atomic mass is 35.5. The highest BCUT2D eigenvalue weighted by molar-refractivity contribution is 6.33. The van der Waals surface area contributed by atoms with E-state index in [2.05, 4.69) is 27.8 Å². The Labute approximate surface area is 143 Å². The van der Waals surface area contributed by atoms with Crippen molar-refractivity contribution in [1.29, 1.82) is 0 Å². The molecule has 1 aromatic carbocycles. The van der Waals surface area contributed by atoms with Gasteiger partial charge >= 0.3 is 0 Å². The van der Waals surface area contributed by atoms with E-state index in [9.17, 15) is 0 Å². The zero-order valence-corrected chi connectivity index (χ0v) is 14.6. The van der Waals surface area contributed by atoms with Crippen LogP contribution in [0.2, 0.25) is 5.02 Å². The molecule has 4 nitrogen and oxygen atoms in total.